The van der Waals surface area contributed by atoms with Gasteiger partial charge in [-0.3, -0.25) is 19.4 Å². The first-order valence-electron chi connectivity index (χ1n) is 13.5. The molecule has 0 radical (unpaired) electrons. The Labute approximate surface area is 218 Å². The lowest BCUT2D eigenvalue weighted by molar-refractivity contribution is -0.152. The highest BCUT2D eigenvalue weighted by Crippen LogP contribution is 2.43. The summed E-state index contributed by atoms with van der Waals surface area (Å²) in [6.07, 6.45) is 11.5. The molecule has 0 bridgehead atoms. The molecular formula is C27H39N5O5. The summed E-state index contributed by atoms with van der Waals surface area (Å²) in [5.41, 5.74) is -0.549. The number of aromatic nitrogens is 2. The van der Waals surface area contributed by atoms with E-state index in [4.69, 9.17) is 0 Å². The summed E-state index contributed by atoms with van der Waals surface area (Å²) in [6, 6.07) is -2.63. The molecule has 0 unspecified atom stereocenters. The Kier molecular flexibility index (Phi) is 8.14. The second-order valence-electron chi connectivity index (χ2n) is 11.9. The minimum absolute atomic E-state index is 0.0426. The van der Waals surface area contributed by atoms with Gasteiger partial charge in [-0.05, 0) is 48.9 Å². The molecule has 3 amide bonds. The van der Waals surface area contributed by atoms with Crippen molar-refractivity contribution >= 4 is 23.7 Å². The van der Waals surface area contributed by atoms with Crippen LogP contribution in [0.2, 0.25) is 0 Å². The van der Waals surface area contributed by atoms with Crippen molar-refractivity contribution in [3.8, 4) is 0 Å². The Morgan fingerprint density at radius 1 is 1.00 bits per heavy atom. The van der Waals surface area contributed by atoms with E-state index in [9.17, 15) is 24.3 Å². The van der Waals surface area contributed by atoms with Gasteiger partial charge in [-0.25, -0.2) is 9.78 Å². The smallest absolute Gasteiger partial charge is 0.326 e. The van der Waals surface area contributed by atoms with E-state index in [1.54, 1.807) is 0 Å². The molecular weight excluding hydrogens is 474 g/mol. The number of hydrogen-bond acceptors (Lipinski definition) is 6. The lowest BCUT2D eigenvalue weighted by Gasteiger charge is -2.37. The molecule has 0 spiro atoms. The molecule has 10 heteroatoms. The quantitative estimate of drug-likeness (QED) is 0.508. The van der Waals surface area contributed by atoms with Gasteiger partial charge in [0.2, 0.25) is 11.8 Å². The SMILES string of the molecule is CC(C)(C)[C@@H](NC(=O)[C@@H](NC(=O)c1cnccn1)C1CCCCC1)C(=O)N1C[C@@H]2CCC[C@@H]2[C@H]1C(=O)O. The molecule has 3 fully saturated rings. The number of carbonyl (C=O) groups excluding carboxylic acids is 3. The van der Waals surface area contributed by atoms with Gasteiger partial charge >= 0.3 is 5.97 Å². The molecule has 3 N–H and O–H groups in total. The summed E-state index contributed by atoms with van der Waals surface area (Å²) < 4.78 is 0. The Bertz CT molecular complexity index is 1000. The van der Waals surface area contributed by atoms with Gasteiger partial charge in [-0.15, -0.1) is 0 Å². The van der Waals surface area contributed by atoms with Crippen LogP contribution in [-0.2, 0) is 14.4 Å². The summed E-state index contributed by atoms with van der Waals surface area (Å²) in [5.74, 6) is -2.20. The Morgan fingerprint density at radius 2 is 1.73 bits per heavy atom. The molecule has 1 aliphatic heterocycles. The van der Waals surface area contributed by atoms with Crippen LogP contribution in [0.5, 0.6) is 0 Å². The normalized spacial score (nSPS) is 25.7. The molecule has 1 aromatic heterocycles. The molecule has 10 nitrogen and oxygen atoms in total. The van der Waals surface area contributed by atoms with Gasteiger partial charge < -0.3 is 20.6 Å². The van der Waals surface area contributed by atoms with Crippen molar-refractivity contribution in [1.29, 1.82) is 0 Å². The third-order valence-corrected chi connectivity index (χ3v) is 8.31. The fourth-order valence-corrected chi connectivity index (χ4v) is 6.39. The summed E-state index contributed by atoms with van der Waals surface area (Å²) in [4.78, 5) is 62.2. The van der Waals surface area contributed by atoms with E-state index in [1.807, 2.05) is 20.8 Å². The number of aliphatic carboxylic acids is 1. The van der Waals surface area contributed by atoms with Crippen LogP contribution in [0.1, 0.15) is 82.6 Å². The third kappa shape index (κ3) is 5.93. The number of likely N-dealkylation sites (tertiary alicyclic amines) is 1. The molecule has 1 saturated heterocycles. The molecule has 4 rings (SSSR count). The molecule has 1 aromatic rings. The van der Waals surface area contributed by atoms with Crippen LogP contribution < -0.4 is 10.6 Å². The van der Waals surface area contributed by atoms with Crippen LogP contribution in [0, 0.1) is 23.2 Å². The van der Waals surface area contributed by atoms with Gasteiger partial charge in [-0.2, -0.15) is 0 Å². The number of nitrogens with one attached hydrogen (secondary N) is 2. The second-order valence-corrected chi connectivity index (χ2v) is 11.9. The van der Waals surface area contributed by atoms with Crippen LogP contribution in [0.3, 0.4) is 0 Å². The summed E-state index contributed by atoms with van der Waals surface area (Å²) >= 11 is 0. The maximum atomic E-state index is 13.9. The Hall–Kier alpha value is -3.04. The molecule has 2 heterocycles. The molecule has 2 aliphatic carbocycles. The van der Waals surface area contributed by atoms with Gasteiger partial charge in [0.05, 0.1) is 6.20 Å². The zero-order valence-electron chi connectivity index (χ0n) is 22.0. The van der Waals surface area contributed by atoms with E-state index < -0.39 is 41.3 Å². The monoisotopic (exact) mass is 513 g/mol. The summed E-state index contributed by atoms with van der Waals surface area (Å²) in [6.45, 7) is 5.97. The number of amides is 3. The summed E-state index contributed by atoms with van der Waals surface area (Å²) in [7, 11) is 0. The van der Waals surface area contributed by atoms with Crippen LogP contribution in [-0.4, -0.2) is 68.3 Å². The number of fused-ring (bicyclic) bond motifs is 1. The third-order valence-electron chi connectivity index (χ3n) is 8.31. The van der Waals surface area contributed by atoms with Crippen molar-refractivity contribution in [1.82, 2.24) is 25.5 Å². The van der Waals surface area contributed by atoms with Crippen molar-refractivity contribution in [2.24, 2.45) is 23.2 Å². The predicted molar refractivity (Wildman–Crippen MR) is 135 cm³/mol. The number of carboxylic acid groups (broad SMARTS) is 1. The summed E-state index contributed by atoms with van der Waals surface area (Å²) in [5, 5.41) is 15.8. The van der Waals surface area contributed by atoms with Crippen molar-refractivity contribution in [3.05, 3.63) is 24.3 Å². The number of carbonyl (C=O) groups is 4. The topological polar surface area (TPSA) is 142 Å². The fraction of sp³-hybridized carbons (Fsp3) is 0.704. The van der Waals surface area contributed by atoms with Gasteiger partial charge in [0.1, 0.15) is 23.8 Å². The van der Waals surface area contributed by atoms with E-state index in [2.05, 4.69) is 20.6 Å². The predicted octanol–water partition coefficient (Wildman–Crippen LogP) is 2.40. The highest BCUT2D eigenvalue weighted by molar-refractivity contribution is 5.97. The first-order chi connectivity index (χ1) is 17.6. The fourth-order valence-electron chi connectivity index (χ4n) is 6.39. The van der Waals surface area contributed by atoms with Gasteiger partial charge in [0, 0.05) is 18.9 Å². The van der Waals surface area contributed by atoms with E-state index in [-0.39, 0.29) is 29.4 Å². The number of carboxylic acids is 1. The second kappa shape index (κ2) is 11.1. The molecule has 202 valence electrons. The van der Waals surface area contributed by atoms with Gasteiger partial charge in [-0.1, -0.05) is 46.5 Å². The molecule has 3 aliphatic rings. The lowest BCUT2D eigenvalue weighted by Crippen LogP contribution is -2.61. The van der Waals surface area contributed by atoms with Crippen molar-refractivity contribution < 1.29 is 24.3 Å². The van der Waals surface area contributed by atoms with E-state index in [0.717, 1.165) is 51.4 Å². The van der Waals surface area contributed by atoms with Crippen molar-refractivity contribution in [2.45, 2.75) is 90.3 Å². The molecule has 5 atom stereocenters. The zero-order chi connectivity index (χ0) is 26.7. The lowest BCUT2D eigenvalue weighted by atomic mass is 9.82. The highest BCUT2D eigenvalue weighted by atomic mass is 16.4. The average Bonchev–Trinajstić information content (AvgIpc) is 3.47. The van der Waals surface area contributed by atoms with Crippen LogP contribution in [0.15, 0.2) is 18.6 Å². The number of hydrogen-bond donors (Lipinski definition) is 3. The van der Waals surface area contributed by atoms with Crippen molar-refractivity contribution in [2.75, 3.05) is 6.54 Å². The van der Waals surface area contributed by atoms with Crippen LogP contribution in [0.4, 0.5) is 0 Å². The molecule has 0 aromatic carbocycles. The van der Waals surface area contributed by atoms with E-state index >= 15 is 0 Å². The largest absolute Gasteiger partial charge is 0.480 e. The van der Waals surface area contributed by atoms with Crippen molar-refractivity contribution in [3.63, 3.8) is 0 Å². The van der Waals surface area contributed by atoms with Gasteiger partial charge in [0.25, 0.3) is 5.91 Å². The first-order valence-corrected chi connectivity index (χ1v) is 13.5. The molecule has 37 heavy (non-hydrogen) atoms. The van der Waals surface area contributed by atoms with E-state index in [1.165, 1.54) is 23.5 Å². The Morgan fingerprint density at radius 3 is 2.35 bits per heavy atom. The minimum Gasteiger partial charge on any atom is -0.480 e. The average molecular weight is 514 g/mol. The first kappa shape index (κ1) is 27.0. The van der Waals surface area contributed by atoms with Gasteiger partial charge in [0.15, 0.2) is 0 Å². The van der Waals surface area contributed by atoms with E-state index in [0.29, 0.717) is 6.54 Å². The number of rotatable bonds is 7. The molecule has 2 saturated carbocycles. The van der Waals surface area contributed by atoms with Crippen LogP contribution in [0.25, 0.3) is 0 Å². The zero-order valence-corrected chi connectivity index (χ0v) is 22.0. The standard InChI is InChI=1S/C27H39N5O5/c1-27(2,3)22(25(35)32-15-17-10-7-11-18(17)21(32)26(36)37)31-24(34)20(16-8-5-4-6-9-16)30-23(33)19-14-28-12-13-29-19/h12-14,16-18,20-22H,4-11,15H2,1-3H3,(H,30,33)(H,31,34)(H,36,37)/t17-,18-,20-,21-,22-/m0/s1. The maximum Gasteiger partial charge on any atom is 0.326 e. The Balaban J connectivity index is 1.56. The minimum atomic E-state index is -0.988. The number of nitrogens with zero attached hydrogens (tertiary/aromatic N) is 3. The highest BCUT2D eigenvalue weighted by Gasteiger charge is 2.52. The maximum absolute atomic E-state index is 13.9. The van der Waals surface area contributed by atoms with Crippen LogP contribution >= 0.6 is 0 Å².